The van der Waals surface area contributed by atoms with E-state index in [4.69, 9.17) is 4.74 Å². The number of hydrogen-bond acceptors (Lipinski definition) is 6. The fourth-order valence-corrected chi connectivity index (χ4v) is 5.02. The van der Waals surface area contributed by atoms with Gasteiger partial charge in [-0.25, -0.2) is 9.97 Å². The molecule has 3 aromatic rings. The van der Waals surface area contributed by atoms with Crippen LogP contribution in [-0.2, 0) is 4.74 Å². The molecule has 4 heterocycles. The average molecular weight is 395 g/mol. The van der Waals surface area contributed by atoms with E-state index in [-0.39, 0.29) is 12.0 Å². The standard InChI is InChI=1S/C21H22N4O2S/c26-21(19-8-7-18(28-19)17-6-3-13-27-17)25-11-9-24(10-12-25)20-15-4-1-2-5-16(15)22-14-23-20/h1-2,4-5,7-8,14,17H,3,6,9-13H2. The van der Waals surface area contributed by atoms with Crippen LogP contribution in [-0.4, -0.2) is 53.6 Å². The maximum atomic E-state index is 12.9. The Balaban J connectivity index is 1.27. The Kier molecular flexibility index (Phi) is 4.70. The number of anilines is 1. The summed E-state index contributed by atoms with van der Waals surface area (Å²) in [6.45, 7) is 3.77. The normalized spacial score (nSPS) is 20.1. The molecular formula is C21H22N4O2S. The molecule has 7 heteroatoms. The third kappa shape index (κ3) is 3.25. The van der Waals surface area contributed by atoms with Crippen LogP contribution in [0.3, 0.4) is 0 Å². The van der Waals surface area contributed by atoms with Crippen LogP contribution >= 0.6 is 11.3 Å². The van der Waals surface area contributed by atoms with Crippen LogP contribution < -0.4 is 4.90 Å². The van der Waals surface area contributed by atoms with E-state index >= 15 is 0 Å². The summed E-state index contributed by atoms with van der Waals surface area (Å²) in [6, 6.07) is 12.1. The zero-order valence-corrected chi connectivity index (χ0v) is 16.4. The minimum atomic E-state index is 0.126. The van der Waals surface area contributed by atoms with Gasteiger partial charge >= 0.3 is 0 Å². The highest BCUT2D eigenvalue weighted by molar-refractivity contribution is 7.14. The van der Waals surface area contributed by atoms with Crippen molar-refractivity contribution in [2.45, 2.75) is 18.9 Å². The highest BCUT2D eigenvalue weighted by Crippen LogP contribution is 2.34. The molecule has 2 aliphatic rings. The molecule has 2 saturated heterocycles. The number of carbonyl (C=O) groups is 1. The first-order valence-corrected chi connectivity index (χ1v) is 10.6. The summed E-state index contributed by atoms with van der Waals surface area (Å²) in [4.78, 5) is 28.0. The Morgan fingerprint density at radius 1 is 1.07 bits per heavy atom. The summed E-state index contributed by atoms with van der Waals surface area (Å²) in [6.07, 6.45) is 3.95. The number of para-hydroxylation sites is 1. The molecule has 0 saturated carbocycles. The lowest BCUT2D eigenvalue weighted by Crippen LogP contribution is -2.49. The molecule has 0 aliphatic carbocycles. The van der Waals surface area contributed by atoms with Crippen molar-refractivity contribution in [1.29, 1.82) is 0 Å². The van der Waals surface area contributed by atoms with Crippen molar-refractivity contribution in [3.05, 3.63) is 52.5 Å². The zero-order chi connectivity index (χ0) is 18.9. The smallest absolute Gasteiger partial charge is 0.264 e. The number of nitrogens with zero attached hydrogens (tertiary/aromatic N) is 4. The average Bonchev–Trinajstić information content (AvgIpc) is 3.45. The molecule has 1 amide bonds. The first kappa shape index (κ1) is 17.6. The van der Waals surface area contributed by atoms with Crippen molar-refractivity contribution in [2.24, 2.45) is 0 Å². The van der Waals surface area contributed by atoms with Crippen molar-refractivity contribution in [1.82, 2.24) is 14.9 Å². The molecule has 1 aromatic carbocycles. The van der Waals surface area contributed by atoms with Crippen LogP contribution in [0.2, 0.25) is 0 Å². The Morgan fingerprint density at radius 3 is 2.75 bits per heavy atom. The van der Waals surface area contributed by atoms with Gasteiger partial charge in [0, 0.05) is 43.0 Å². The first-order chi connectivity index (χ1) is 13.8. The molecule has 1 unspecified atom stereocenters. The van der Waals surface area contributed by atoms with Crippen LogP contribution in [0.15, 0.2) is 42.7 Å². The van der Waals surface area contributed by atoms with Gasteiger partial charge in [-0.2, -0.15) is 0 Å². The number of piperazine rings is 1. The lowest BCUT2D eigenvalue weighted by molar-refractivity contribution is 0.0751. The zero-order valence-electron chi connectivity index (χ0n) is 15.6. The fraction of sp³-hybridized carbons (Fsp3) is 0.381. The predicted octanol–water partition coefficient (Wildman–Crippen LogP) is 3.51. The maximum absolute atomic E-state index is 12.9. The molecule has 2 aromatic heterocycles. The summed E-state index contributed by atoms with van der Waals surface area (Å²) in [5, 5.41) is 1.06. The van der Waals surface area contributed by atoms with E-state index < -0.39 is 0 Å². The molecule has 2 aliphatic heterocycles. The van der Waals surface area contributed by atoms with Crippen molar-refractivity contribution in [3.8, 4) is 0 Å². The number of fused-ring (bicyclic) bond motifs is 1. The molecule has 1 atom stereocenters. The van der Waals surface area contributed by atoms with Crippen molar-refractivity contribution in [3.63, 3.8) is 0 Å². The van der Waals surface area contributed by atoms with Gasteiger partial charge in [0.05, 0.1) is 16.5 Å². The number of rotatable bonds is 3. The van der Waals surface area contributed by atoms with Gasteiger partial charge in [-0.3, -0.25) is 4.79 Å². The van der Waals surface area contributed by atoms with Gasteiger partial charge in [0.1, 0.15) is 12.1 Å². The van der Waals surface area contributed by atoms with Gasteiger partial charge in [0.15, 0.2) is 0 Å². The van der Waals surface area contributed by atoms with Gasteiger partial charge in [0.25, 0.3) is 5.91 Å². The van der Waals surface area contributed by atoms with E-state index in [1.807, 2.05) is 29.2 Å². The van der Waals surface area contributed by atoms with E-state index in [2.05, 4.69) is 27.0 Å². The second-order valence-corrected chi connectivity index (χ2v) is 8.31. The molecule has 0 N–H and O–H groups in total. The number of amides is 1. The minimum Gasteiger partial charge on any atom is -0.373 e. The maximum Gasteiger partial charge on any atom is 0.264 e. The summed E-state index contributed by atoms with van der Waals surface area (Å²) in [7, 11) is 0. The van der Waals surface area contributed by atoms with Gasteiger partial charge in [-0.05, 0) is 37.1 Å². The second-order valence-electron chi connectivity index (χ2n) is 7.20. The number of aromatic nitrogens is 2. The van der Waals surface area contributed by atoms with E-state index in [1.165, 1.54) is 4.88 Å². The summed E-state index contributed by atoms with van der Waals surface area (Å²) >= 11 is 1.58. The molecule has 0 radical (unpaired) electrons. The summed E-state index contributed by atoms with van der Waals surface area (Å²) in [5.74, 6) is 1.08. The van der Waals surface area contributed by atoms with Crippen LogP contribution in [0.5, 0.6) is 0 Å². The predicted molar refractivity (Wildman–Crippen MR) is 110 cm³/mol. The van der Waals surface area contributed by atoms with Crippen LogP contribution in [0.1, 0.15) is 33.5 Å². The SMILES string of the molecule is O=C(c1ccc(C2CCCO2)s1)N1CCN(c2ncnc3ccccc23)CC1. The largest absolute Gasteiger partial charge is 0.373 e. The second kappa shape index (κ2) is 7.48. The molecular weight excluding hydrogens is 372 g/mol. The number of benzene rings is 1. The van der Waals surface area contributed by atoms with Gasteiger partial charge in [-0.1, -0.05) is 12.1 Å². The van der Waals surface area contributed by atoms with Crippen LogP contribution in [0.25, 0.3) is 10.9 Å². The molecule has 5 rings (SSSR count). The summed E-state index contributed by atoms with van der Waals surface area (Å²) < 4.78 is 5.74. The third-order valence-electron chi connectivity index (χ3n) is 5.47. The van der Waals surface area contributed by atoms with Crippen molar-refractivity contribution < 1.29 is 9.53 Å². The Morgan fingerprint density at radius 2 is 1.93 bits per heavy atom. The minimum absolute atomic E-state index is 0.126. The van der Waals surface area contributed by atoms with Crippen LogP contribution in [0.4, 0.5) is 5.82 Å². The van der Waals surface area contributed by atoms with E-state index in [1.54, 1.807) is 17.7 Å². The molecule has 144 valence electrons. The van der Waals surface area contributed by atoms with E-state index in [0.29, 0.717) is 13.1 Å². The number of ether oxygens (including phenoxy) is 1. The summed E-state index contributed by atoms with van der Waals surface area (Å²) in [5.41, 5.74) is 0.950. The van der Waals surface area contributed by atoms with E-state index in [0.717, 1.165) is 54.1 Å². The molecule has 28 heavy (non-hydrogen) atoms. The lowest BCUT2D eigenvalue weighted by atomic mass is 10.2. The fourth-order valence-electron chi connectivity index (χ4n) is 3.96. The monoisotopic (exact) mass is 394 g/mol. The van der Waals surface area contributed by atoms with Crippen molar-refractivity contribution in [2.75, 3.05) is 37.7 Å². The highest BCUT2D eigenvalue weighted by Gasteiger charge is 2.26. The van der Waals surface area contributed by atoms with Gasteiger partial charge in [-0.15, -0.1) is 11.3 Å². The number of hydrogen-bond donors (Lipinski definition) is 0. The molecule has 0 bridgehead atoms. The number of carbonyl (C=O) groups excluding carboxylic acids is 1. The lowest BCUT2D eigenvalue weighted by Gasteiger charge is -2.35. The third-order valence-corrected chi connectivity index (χ3v) is 6.64. The quantitative estimate of drug-likeness (QED) is 0.680. The molecule has 6 nitrogen and oxygen atoms in total. The Hall–Kier alpha value is -2.51. The topological polar surface area (TPSA) is 58.6 Å². The van der Waals surface area contributed by atoms with E-state index in [9.17, 15) is 4.79 Å². The van der Waals surface area contributed by atoms with Crippen molar-refractivity contribution >= 4 is 34.0 Å². The number of thiophene rings is 1. The van der Waals surface area contributed by atoms with Gasteiger partial charge in [0.2, 0.25) is 0 Å². The highest BCUT2D eigenvalue weighted by atomic mass is 32.1. The van der Waals surface area contributed by atoms with Crippen LogP contribution in [0, 0.1) is 0 Å². The molecule has 0 spiro atoms. The first-order valence-electron chi connectivity index (χ1n) is 9.75. The van der Waals surface area contributed by atoms with Gasteiger partial charge < -0.3 is 14.5 Å². The molecule has 2 fully saturated rings. The Labute approximate surface area is 167 Å². The Bertz CT molecular complexity index is 985.